The van der Waals surface area contributed by atoms with Crippen LogP contribution >= 0.6 is 15.9 Å². The van der Waals surface area contributed by atoms with Crippen LogP contribution < -0.4 is 16.2 Å². The largest absolute Gasteiger partial charge is 0.372 e. The van der Waals surface area contributed by atoms with Gasteiger partial charge < -0.3 is 15.5 Å². The second-order valence-electron chi connectivity index (χ2n) is 6.40. The van der Waals surface area contributed by atoms with Crippen molar-refractivity contribution < 1.29 is 0 Å². The first-order valence-electron chi connectivity index (χ1n) is 6.99. The smallest absolute Gasteiger partial charge is 0.283 e. The Morgan fingerprint density at radius 2 is 2.00 bits per heavy atom. The van der Waals surface area contributed by atoms with Gasteiger partial charge in [0.2, 0.25) is 0 Å². The standard InChI is InChI=1S/C14H26BrN5O/c1-14(2,9-16)10-19(5)11-8-17-20(7-6-18(3)4)13(21)12(11)15/h8H,6-7,9-10,16H2,1-5H3. The third-order valence-corrected chi connectivity index (χ3v) is 4.10. The quantitative estimate of drug-likeness (QED) is 0.786. The number of hydrogen-bond donors (Lipinski definition) is 1. The van der Waals surface area contributed by atoms with Crippen LogP contribution in [0.15, 0.2) is 15.5 Å². The van der Waals surface area contributed by atoms with Gasteiger partial charge in [0.05, 0.1) is 18.4 Å². The molecule has 0 atom stereocenters. The predicted molar refractivity (Wildman–Crippen MR) is 90.9 cm³/mol. The van der Waals surface area contributed by atoms with Crippen LogP contribution in [0, 0.1) is 5.41 Å². The monoisotopic (exact) mass is 359 g/mol. The Morgan fingerprint density at radius 3 is 2.52 bits per heavy atom. The number of hydrogen-bond acceptors (Lipinski definition) is 5. The maximum absolute atomic E-state index is 12.3. The lowest BCUT2D eigenvalue weighted by molar-refractivity contribution is 0.366. The van der Waals surface area contributed by atoms with Crippen LogP contribution in [0.2, 0.25) is 0 Å². The first-order chi connectivity index (χ1) is 9.68. The van der Waals surface area contributed by atoms with Crippen LogP contribution in [0.1, 0.15) is 13.8 Å². The molecule has 2 N–H and O–H groups in total. The Labute approximate surface area is 135 Å². The van der Waals surface area contributed by atoms with E-state index >= 15 is 0 Å². The molecular weight excluding hydrogens is 334 g/mol. The summed E-state index contributed by atoms with van der Waals surface area (Å²) in [6.07, 6.45) is 1.73. The maximum Gasteiger partial charge on any atom is 0.283 e. The van der Waals surface area contributed by atoms with Crippen molar-refractivity contribution in [2.75, 3.05) is 45.7 Å². The minimum Gasteiger partial charge on any atom is -0.372 e. The van der Waals surface area contributed by atoms with Gasteiger partial charge in [-0.15, -0.1) is 0 Å². The van der Waals surface area contributed by atoms with Crippen molar-refractivity contribution in [3.8, 4) is 0 Å². The number of likely N-dealkylation sites (N-methyl/N-ethyl adjacent to an activating group) is 1. The van der Waals surface area contributed by atoms with Crippen LogP contribution in [0.4, 0.5) is 5.69 Å². The lowest BCUT2D eigenvalue weighted by Crippen LogP contribution is -2.38. The van der Waals surface area contributed by atoms with E-state index in [1.54, 1.807) is 6.20 Å². The molecule has 0 saturated heterocycles. The molecule has 0 aliphatic heterocycles. The highest BCUT2D eigenvalue weighted by atomic mass is 79.9. The average molecular weight is 360 g/mol. The minimum absolute atomic E-state index is 0.0199. The number of rotatable bonds is 7. The van der Waals surface area contributed by atoms with Crippen molar-refractivity contribution in [2.24, 2.45) is 11.1 Å². The summed E-state index contributed by atoms with van der Waals surface area (Å²) >= 11 is 3.41. The summed E-state index contributed by atoms with van der Waals surface area (Å²) in [6, 6.07) is 0. The number of halogens is 1. The fraction of sp³-hybridized carbons (Fsp3) is 0.714. The molecule has 1 aromatic rings. The summed E-state index contributed by atoms with van der Waals surface area (Å²) in [5.41, 5.74) is 6.44. The van der Waals surface area contributed by atoms with E-state index in [2.05, 4.69) is 34.9 Å². The summed E-state index contributed by atoms with van der Waals surface area (Å²) in [5.74, 6) is 0. The Bertz CT molecular complexity index is 527. The van der Waals surface area contributed by atoms with Crippen molar-refractivity contribution in [1.82, 2.24) is 14.7 Å². The van der Waals surface area contributed by atoms with Gasteiger partial charge in [-0.25, -0.2) is 4.68 Å². The molecule has 0 aliphatic carbocycles. The Hall–Kier alpha value is -0.920. The summed E-state index contributed by atoms with van der Waals surface area (Å²) in [4.78, 5) is 16.4. The van der Waals surface area contributed by atoms with E-state index < -0.39 is 0 Å². The number of aromatic nitrogens is 2. The van der Waals surface area contributed by atoms with E-state index in [0.29, 0.717) is 17.6 Å². The summed E-state index contributed by atoms with van der Waals surface area (Å²) in [6.45, 7) is 6.89. The van der Waals surface area contributed by atoms with Crippen molar-refractivity contribution in [3.63, 3.8) is 0 Å². The van der Waals surface area contributed by atoms with E-state index in [1.165, 1.54) is 4.68 Å². The highest BCUT2D eigenvalue weighted by molar-refractivity contribution is 9.10. The van der Waals surface area contributed by atoms with Gasteiger partial charge in [0.15, 0.2) is 0 Å². The van der Waals surface area contributed by atoms with Crippen LogP contribution in [0.25, 0.3) is 0 Å². The normalized spacial score (nSPS) is 12.0. The molecule has 6 nitrogen and oxygen atoms in total. The first-order valence-corrected chi connectivity index (χ1v) is 7.79. The van der Waals surface area contributed by atoms with Gasteiger partial charge >= 0.3 is 0 Å². The molecule has 0 fully saturated rings. The molecule has 120 valence electrons. The lowest BCUT2D eigenvalue weighted by atomic mass is 9.93. The molecule has 0 radical (unpaired) electrons. The summed E-state index contributed by atoms with van der Waals surface area (Å²) in [5, 5.41) is 4.26. The molecule has 0 amide bonds. The van der Waals surface area contributed by atoms with Crippen molar-refractivity contribution in [3.05, 3.63) is 21.0 Å². The maximum atomic E-state index is 12.3. The van der Waals surface area contributed by atoms with Crippen LogP contribution in [0.5, 0.6) is 0 Å². The molecular formula is C14H26BrN5O. The van der Waals surface area contributed by atoms with Crippen molar-refractivity contribution in [2.45, 2.75) is 20.4 Å². The van der Waals surface area contributed by atoms with Crippen LogP contribution in [0.3, 0.4) is 0 Å². The van der Waals surface area contributed by atoms with Gasteiger partial charge in [-0.05, 0) is 42.0 Å². The Kier molecular flexibility index (Phi) is 6.37. The molecule has 0 unspecified atom stereocenters. The Morgan fingerprint density at radius 1 is 1.38 bits per heavy atom. The lowest BCUT2D eigenvalue weighted by Gasteiger charge is -2.30. The van der Waals surface area contributed by atoms with E-state index in [1.807, 2.05) is 30.9 Å². The van der Waals surface area contributed by atoms with E-state index in [9.17, 15) is 4.79 Å². The van der Waals surface area contributed by atoms with E-state index in [-0.39, 0.29) is 11.0 Å². The molecule has 1 heterocycles. The molecule has 21 heavy (non-hydrogen) atoms. The van der Waals surface area contributed by atoms with Crippen molar-refractivity contribution >= 4 is 21.6 Å². The minimum atomic E-state index is -0.105. The topological polar surface area (TPSA) is 67.4 Å². The van der Waals surface area contributed by atoms with E-state index in [0.717, 1.165) is 18.8 Å². The van der Waals surface area contributed by atoms with E-state index in [4.69, 9.17) is 5.73 Å². The molecule has 0 bridgehead atoms. The number of anilines is 1. The van der Waals surface area contributed by atoms with Crippen LogP contribution in [-0.4, -0.2) is 55.5 Å². The molecule has 1 aromatic heterocycles. The molecule has 7 heteroatoms. The predicted octanol–water partition coefficient (Wildman–Crippen LogP) is 0.988. The second kappa shape index (κ2) is 7.38. The molecule has 1 rings (SSSR count). The van der Waals surface area contributed by atoms with Crippen LogP contribution in [-0.2, 0) is 6.54 Å². The van der Waals surface area contributed by atoms with Gasteiger partial charge in [0.1, 0.15) is 4.47 Å². The highest BCUT2D eigenvalue weighted by Crippen LogP contribution is 2.24. The molecule has 0 aromatic carbocycles. The SMILES string of the molecule is CN(C)CCn1ncc(N(C)CC(C)(C)CN)c(Br)c1=O. The zero-order valence-electron chi connectivity index (χ0n) is 13.6. The van der Waals surface area contributed by atoms with Crippen molar-refractivity contribution in [1.29, 1.82) is 0 Å². The third-order valence-electron chi connectivity index (χ3n) is 3.35. The fourth-order valence-electron chi connectivity index (χ4n) is 1.97. The fourth-order valence-corrected chi connectivity index (χ4v) is 2.58. The Balaban J connectivity index is 2.96. The summed E-state index contributed by atoms with van der Waals surface area (Å²) in [7, 11) is 5.89. The van der Waals surface area contributed by atoms with Gasteiger partial charge in [0.25, 0.3) is 5.56 Å². The zero-order chi connectivity index (χ0) is 16.2. The van der Waals surface area contributed by atoms with Gasteiger partial charge in [-0.1, -0.05) is 13.8 Å². The van der Waals surface area contributed by atoms with Gasteiger partial charge in [-0.2, -0.15) is 5.10 Å². The molecule has 0 aliphatic rings. The first kappa shape index (κ1) is 18.1. The summed E-state index contributed by atoms with van der Waals surface area (Å²) < 4.78 is 2.03. The van der Waals surface area contributed by atoms with Gasteiger partial charge in [0, 0.05) is 20.1 Å². The molecule has 0 spiro atoms. The number of nitrogens with two attached hydrogens (primary N) is 1. The number of nitrogens with zero attached hydrogens (tertiary/aromatic N) is 4. The highest BCUT2D eigenvalue weighted by Gasteiger charge is 2.21. The van der Waals surface area contributed by atoms with Gasteiger partial charge in [-0.3, -0.25) is 4.79 Å². The average Bonchev–Trinajstić information content (AvgIpc) is 2.39. The zero-order valence-corrected chi connectivity index (χ0v) is 15.1. The third kappa shape index (κ3) is 5.09. The molecule has 0 saturated carbocycles. The second-order valence-corrected chi connectivity index (χ2v) is 7.19.